The highest BCUT2D eigenvalue weighted by Crippen LogP contribution is 2.38. The van der Waals surface area contributed by atoms with Crippen molar-refractivity contribution in [1.29, 1.82) is 0 Å². The molecule has 0 aliphatic rings. The lowest BCUT2D eigenvalue weighted by molar-refractivity contribution is 1.02. The van der Waals surface area contributed by atoms with Crippen LogP contribution in [0.5, 0.6) is 0 Å². The summed E-state index contributed by atoms with van der Waals surface area (Å²) < 4.78 is 4.24. The van der Waals surface area contributed by atoms with Crippen molar-refractivity contribution in [2.75, 3.05) is 11.1 Å². The second-order valence-electron chi connectivity index (χ2n) is 4.69. The molecule has 0 spiro atoms. The molecule has 0 fully saturated rings. The van der Waals surface area contributed by atoms with Crippen molar-refractivity contribution in [2.24, 2.45) is 0 Å². The van der Waals surface area contributed by atoms with Gasteiger partial charge in [0.25, 0.3) is 0 Å². The van der Waals surface area contributed by atoms with E-state index in [2.05, 4.69) is 32.6 Å². The van der Waals surface area contributed by atoms with Crippen LogP contribution in [-0.2, 0) is 6.54 Å². The number of pyridine rings is 1. The summed E-state index contributed by atoms with van der Waals surface area (Å²) in [6, 6.07) is 3.99. The first-order chi connectivity index (χ1) is 10.1. The third-order valence-electron chi connectivity index (χ3n) is 3.09. The number of nitrogens with zero attached hydrogens (tertiary/aromatic N) is 3. The maximum absolute atomic E-state index is 5.99. The highest BCUT2D eigenvalue weighted by Gasteiger charge is 2.16. The highest BCUT2D eigenvalue weighted by atomic mass is 32.1. The van der Waals surface area contributed by atoms with Gasteiger partial charge in [-0.2, -0.15) is 4.37 Å². The molecule has 5 nitrogen and oxygen atoms in total. The third-order valence-corrected chi connectivity index (χ3v) is 4.88. The number of hydrogen-bond donors (Lipinski definition) is 2. The molecule has 0 amide bonds. The zero-order valence-corrected chi connectivity index (χ0v) is 13.4. The number of rotatable bonds is 4. The van der Waals surface area contributed by atoms with Gasteiger partial charge in [0.05, 0.1) is 17.8 Å². The number of thiazole rings is 1. The fourth-order valence-corrected chi connectivity index (χ4v) is 3.60. The van der Waals surface area contributed by atoms with E-state index in [1.54, 1.807) is 17.5 Å². The summed E-state index contributed by atoms with van der Waals surface area (Å²) in [4.78, 5) is 8.88. The largest absolute Gasteiger partial charge is 0.382 e. The fourth-order valence-electron chi connectivity index (χ4n) is 1.97. The predicted molar refractivity (Wildman–Crippen MR) is 88.7 cm³/mol. The van der Waals surface area contributed by atoms with Crippen molar-refractivity contribution in [3.63, 3.8) is 0 Å². The molecule has 0 aliphatic carbocycles. The quantitative estimate of drug-likeness (QED) is 0.770. The van der Waals surface area contributed by atoms with Gasteiger partial charge in [-0.1, -0.05) is 6.07 Å². The fraction of sp³-hybridized carbons (Fsp3) is 0.214. The first-order valence-electron chi connectivity index (χ1n) is 6.47. The highest BCUT2D eigenvalue weighted by molar-refractivity contribution is 7.15. The SMILES string of the molecule is Cc1csc(-c2c(N)nsc2NCc2ncccc2C)n1. The van der Waals surface area contributed by atoms with Crippen LogP contribution in [0.4, 0.5) is 10.8 Å². The van der Waals surface area contributed by atoms with Crippen LogP contribution in [0, 0.1) is 13.8 Å². The van der Waals surface area contributed by atoms with Crippen LogP contribution in [0.25, 0.3) is 10.6 Å². The lowest BCUT2D eigenvalue weighted by Crippen LogP contribution is -2.03. The van der Waals surface area contributed by atoms with E-state index in [1.165, 1.54) is 11.5 Å². The number of nitrogens with two attached hydrogens (primary N) is 1. The molecule has 0 aromatic carbocycles. The third kappa shape index (κ3) is 2.88. The Bertz CT molecular complexity index is 762. The Hall–Kier alpha value is -1.99. The number of hydrogen-bond acceptors (Lipinski definition) is 7. The van der Waals surface area contributed by atoms with Crippen molar-refractivity contribution >= 4 is 33.7 Å². The Kier molecular flexibility index (Phi) is 3.85. The van der Waals surface area contributed by atoms with Crippen molar-refractivity contribution in [3.8, 4) is 10.6 Å². The Morgan fingerprint density at radius 3 is 2.90 bits per heavy atom. The van der Waals surface area contributed by atoms with E-state index in [-0.39, 0.29) is 0 Å². The summed E-state index contributed by atoms with van der Waals surface area (Å²) >= 11 is 2.94. The summed E-state index contributed by atoms with van der Waals surface area (Å²) in [7, 11) is 0. The monoisotopic (exact) mass is 317 g/mol. The summed E-state index contributed by atoms with van der Waals surface area (Å²) in [5, 5.41) is 7.23. The second-order valence-corrected chi connectivity index (χ2v) is 6.32. The Morgan fingerprint density at radius 2 is 2.19 bits per heavy atom. The van der Waals surface area contributed by atoms with Crippen molar-refractivity contribution < 1.29 is 0 Å². The van der Waals surface area contributed by atoms with Crippen LogP contribution in [0.1, 0.15) is 17.0 Å². The van der Waals surface area contributed by atoms with E-state index >= 15 is 0 Å². The molecule has 3 heterocycles. The van der Waals surface area contributed by atoms with Crippen molar-refractivity contribution in [2.45, 2.75) is 20.4 Å². The summed E-state index contributed by atoms with van der Waals surface area (Å²) in [6.07, 6.45) is 1.80. The van der Waals surface area contributed by atoms with Crippen LogP contribution >= 0.6 is 22.9 Å². The van der Waals surface area contributed by atoms with Crippen LogP contribution in [-0.4, -0.2) is 14.3 Å². The summed E-state index contributed by atoms with van der Waals surface area (Å²) in [6.45, 7) is 4.67. The van der Waals surface area contributed by atoms with Crippen LogP contribution in [0.3, 0.4) is 0 Å². The molecule has 7 heteroatoms. The first kappa shape index (κ1) is 14.0. The van der Waals surface area contributed by atoms with Gasteiger partial charge in [-0.3, -0.25) is 4.98 Å². The first-order valence-corrected chi connectivity index (χ1v) is 8.12. The standard InChI is InChI=1S/C14H15N5S2/c1-8-4-3-5-16-10(8)6-17-13-11(12(15)19-21-13)14-18-9(2)7-20-14/h3-5,7,17H,6H2,1-2H3,(H2,15,19). The molecule has 0 atom stereocenters. The minimum atomic E-state index is 0.523. The number of aromatic nitrogens is 3. The zero-order chi connectivity index (χ0) is 14.8. The topological polar surface area (TPSA) is 76.7 Å². The molecule has 3 N–H and O–H groups in total. The molecule has 108 valence electrons. The average molecular weight is 317 g/mol. The summed E-state index contributed by atoms with van der Waals surface area (Å²) in [5.41, 5.74) is 10.1. The molecule has 0 unspecified atom stereocenters. The van der Waals surface area contributed by atoms with E-state index < -0.39 is 0 Å². The van der Waals surface area contributed by atoms with Gasteiger partial charge in [-0.25, -0.2) is 4.98 Å². The predicted octanol–water partition coefficient (Wildman–Crippen LogP) is 3.47. The number of anilines is 2. The lowest BCUT2D eigenvalue weighted by atomic mass is 10.2. The van der Waals surface area contributed by atoms with E-state index in [4.69, 9.17) is 5.73 Å². The molecular formula is C14H15N5S2. The van der Waals surface area contributed by atoms with E-state index in [0.717, 1.165) is 32.5 Å². The average Bonchev–Trinajstić information content (AvgIpc) is 3.04. The van der Waals surface area contributed by atoms with Gasteiger partial charge in [-0.15, -0.1) is 11.3 Å². The Morgan fingerprint density at radius 1 is 1.33 bits per heavy atom. The van der Waals surface area contributed by atoms with Crippen molar-refractivity contribution in [3.05, 3.63) is 40.7 Å². The van der Waals surface area contributed by atoms with E-state index in [1.807, 2.05) is 18.4 Å². The number of aryl methyl sites for hydroxylation is 2. The molecule has 21 heavy (non-hydrogen) atoms. The molecule has 0 saturated heterocycles. The molecular weight excluding hydrogens is 302 g/mol. The van der Waals surface area contributed by atoms with Gasteiger partial charge < -0.3 is 11.1 Å². The lowest BCUT2D eigenvalue weighted by Gasteiger charge is -2.07. The van der Waals surface area contributed by atoms with Crippen LogP contribution in [0.2, 0.25) is 0 Å². The molecule has 0 saturated carbocycles. The molecule has 3 rings (SSSR count). The summed E-state index contributed by atoms with van der Waals surface area (Å²) in [5.74, 6) is 0.523. The molecule has 0 radical (unpaired) electrons. The normalized spacial score (nSPS) is 10.8. The van der Waals surface area contributed by atoms with E-state index in [0.29, 0.717) is 12.4 Å². The number of nitrogen functional groups attached to an aromatic ring is 1. The maximum atomic E-state index is 5.99. The molecule has 3 aromatic rings. The molecule has 0 bridgehead atoms. The molecule has 3 aromatic heterocycles. The minimum Gasteiger partial charge on any atom is -0.382 e. The smallest absolute Gasteiger partial charge is 0.149 e. The van der Waals surface area contributed by atoms with Crippen LogP contribution in [0.15, 0.2) is 23.7 Å². The van der Waals surface area contributed by atoms with Gasteiger partial charge in [0.1, 0.15) is 15.8 Å². The van der Waals surface area contributed by atoms with Gasteiger partial charge >= 0.3 is 0 Å². The minimum absolute atomic E-state index is 0.523. The van der Waals surface area contributed by atoms with E-state index in [9.17, 15) is 0 Å². The maximum Gasteiger partial charge on any atom is 0.149 e. The Balaban J connectivity index is 1.85. The van der Waals surface area contributed by atoms with Gasteiger partial charge in [0, 0.05) is 17.3 Å². The number of nitrogens with one attached hydrogen (secondary N) is 1. The van der Waals surface area contributed by atoms with Gasteiger partial charge in [-0.05, 0) is 37.0 Å². The van der Waals surface area contributed by atoms with Gasteiger partial charge in [0.15, 0.2) is 0 Å². The van der Waals surface area contributed by atoms with Gasteiger partial charge in [0.2, 0.25) is 0 Å². The second kappa shape index (κ2) is 5.79. The zero-order valence-electron chi connectivity index (χ0n) is 11.8. The molecule has 0 aliphatic heterocycles. The van der Waals surface area contributed by atoms with Crippen LogP contribution < -0.4 is 11.1 Å². The Labute approximate surface area is 131 Å². The van der Waals surface area contributed by atoms with Crippen molar-refractivity contribution in [1.82, 2.24) is 14.3 Å².